The molecular weight excluding hydrogens is 174 g/mol. The fourth-order valence-electron chi connectivity index (χ4n) is 0.554. The highest BCUT2D eigenvalue weighted by atomic mass is 32.1. The molecule has 1 N–H and O–H groups in total. The summed E-state index contributed by atoms with van der Waals surface area (Å²) in [5, 5.41) is 10.4. The third-order valence-electron chi connectivity index (χ3n) is 1.37. The molecular formula is C7H9N3OS. The SMILES string of the molecule is C/C=C(/C)C(=O)Nc1nncs1. The predicted molar refractivity (Wildman–Crippen MR) is 48.0 cm³/mol. The zero-order valence-corrected chi connectivity index (χ0v) is 7.68. The molecule has 64 valence electrons. The molecule has 0 radical (unpaired) electrons. The largest absolute Gasteiger partial charge is 0.297 e. The normalized spacial score (nSPS) is 11.3. The summed E-state index contributed by atoms with van der Waals surface area (Å²) in [5.41, 5.74) is 2.24. The van der Waals surface area contributed by atoms with E-state index in [-0.39, 0.29) is 5.91 Å². The zero-order chi connectivity index (χ0) is 8.97. The van der Waals surface area contributed by atoms with Crippen molar-refractivity contribution in [3.05, 3.63) is 17.2 Å². The maximum atomic E-state index is 11.2. The van der Waals surface area contributed by atoms with Crippen LogP contribution in [0, 0.1) is 0 Å². The predicted octanol–water partition coefficient (Wildman–Crippen LogP) is 1.44. The Morgan fingerprint density at radius 1 is 1.75 bits per heavy atom. The van der Waals surface area contributed by atoms with Gasteiger partial charge in [-0.05, 0) is 13.8 Å². The summed E-state index contributed by atoms with van der Waals surface area (Å²) in [4.78, 5) is 11.2. The van der Waals surface area contributed by atoms with Crippen molar-refractivity contribution in [2.24, 2.45) is 0 Å². The molecule has 1 aromatic rings. The number of nitrogens with one attached hydrogen (secondary N) is 1. The quantitative estimate of drug-likeness (QED) is 0.706. The molecule has 1 amide bonds. The molecule has 0 aliphatic heterocycles. The maximum absolute atomic E-state index is 11.2. The lowest BCUT2D eigenvalue weighted by atomic mass is 10.3. The van der Waals surface area contributed by atoms with Gasteiger partial charge in [-0.15, -0.1) is 10.2 Å². The van der Waals surface area contributed by atoms with E-state index in [2.05, 4.69) is 15.5 Å². The molecule has 0 spiro atoms. The van der Waals surface area contributed by atoms with Gasteiger partial charge >= 0.3 is 0 Å². The van der Waals surface area contributed by atoms with E-state index in [1.54, 1.807) is 18.5 Å². The fourth-order valence-corrected chi connectivity index (χ4v) is 0.994. The number of rotatable bonds is 2. The minimum Gasteiger partial charge on any atom is -0.297 e. The number of carbonyl (C=O) groups is 1. The van der Waals surface area contributed by atoms with Gasteiger partial charge in [-0.1, -0.05) is 17.4 Å². The Hall–Kier alpha value is -1.23. The summed E-state index contributed by atoms with van der Waals surface area (Å²) >= 11 is 1.30. The average Bonchev–Trinajstić information content (AvgIpc) is 2.55. The van der Waals surface area contributed by atoms with Crippen molar-refractivity contribution in [2.45, 2.75) is 13.8 Å². The molecule has 1 aromatic heterocycles. The van der Waals surface area contributed by atoms with E-state index in [1.807, 2.05) is 6.92 Å². The first-order valence-electron chi connectivity index (χ1n) is 3.44. The van der Waals surface area contributed by atoms with Crippen LogP contribution in [0.25, 0.3) is 0 Å². The Kier molecular flexibility index (Phi) is 2.93. The molecule has 0 bridgehead atoms. The first kappa shape index (κ1) is 8.86. The topological polar surface area (TPSA) is 54.9 Å². The highest BCUT2D eigenvalue weighted by Gasteiger charge is 2.04. The first-order chi connectivity index (χ1) is 5.74. The van der Waals surface area contributed by atoms with Gasteiger partial charge in [0.1, 0.15) is 5.51 Å². The average molecular weight is 183 g/mol. The lowest BCUT2D eigenvalue weighted by Crippen LogP contribution is -2.12. The van der Waals surface area contributed by atoms with Gasteiger partial charge in [0.2, 0.25) is 5.13 Å². The molecule has 0 fully saturated rings. The number of aromatic nitrogens is 2. The number of allylic oxidation sites excluding steroid dienone is 1. The van der Waals surface area contributed by atoms with Crippen LogP contribution in [0.5, 0.6) is 0 Å². The van der Waals surface area contributed by atoms with Crippen molar-refractivity contribution in [1.82, 2.24) is 10.2 Å². The first-order valence-corrected chi connectivity index (χ1v) is 4.32. The van der Waals surface area contributed by atoms with Gasteiger partial charge in [0.15, 0.2) is 0 Å². The molecule has 5 heteroatoms. The van der Waals surface area contributed by atoms with Crippen LogP contribution < -0.4 is 5.32 Å². The highest BCUT2D eigenvalue weighted by molar-refractivity contribution is 7.13. The Morgan fingerprint density at radius 3 is 3.00 bits per heavy atom. The second kappa shape index (κ2) is 3.96. The molecule has 4 nitrogen and oxygen atoms in total. The van der Waals surface area contributed by atoms with E-state index in [0.29, 0.717) is 10.7 Å². The van der Waals surface area contributed by atoms with Crippen LogP contribution in [-0.4, -0.2) is 16.1 Å². The van der Waals surface area contributed by atoms with Gasteiger partial charge in [0, 0.05) is 5.57 Å². The van der Waals surface area contributed by atoms with Crippen LogP contribution in [0.4, 0.5) is 5.13 Å². The van der Waals surface area contributed by atoms with Crippen LogP contribution in [0.3, 0.4) is 0 Å². The van der Waals surface area contributed by atoms with Crippen molar-refractivity contribution >= 4 is 22.4 Å². The van der Waals surface area contributed by atoms with Gasteiger partial charge in [-0.25, -0.2) is 0 Å². The van der Waals surface area contributed by atoms with E-state index in [4.69, 9.17) is 0 Å². The number of anilines is 1. The standard InChI is InChI=1S/C7H9N3OS/c1-3-5(2)6(11)9-7-10-8-4-12-7/h3-4H,1-2H3,(H,9,10,11)/b5-3-. The van der Waals surface area contributed by atoms with E-state index >= 15 is 0 Å². The molecule has 0 atom stereocenters. The van der Waals surface area contributed by atoms with Gasteiger partial charge < -0.3 is 0 Å². The summed E-state index contributed by atoms with van der Waals surface area (Å²) in [7, 11) is 0. The van der Waals surface area contributed by atoms with Gasteiger partial charge in [0.25, 0.3) is 5.91 Å². The number of hydrogen-bond donors (Lipinski definition) is 1. The van der Waals surface area contributed by atoms with Crippen molar-refractivity contribution in [1.29, 1.82) is 0 Å². The molecule has 0 unspecified atom stereocenters. The molecule has 0 saturated carbocycles. The van der Waals surface area contributed by atoms with E-state index in [0.717, 1.165) is 0 Å². The Labute approximate surface area is 74.3 Å². The highest BCUT2D eigenvalue weighted by Crippen LogP contribution is 2.09. The van der Waals surface area contributed by atoms with E-state index in [9.17, 15) is 4.79 Å². The molecule has 0 saturated heterocycles. The minimum atomic E-state index is -0.130. The van der Waals surface area contributed by atoms with Crippen LogP contribution in [0.2, 0.25) is 0 Å². The number of carbonyl (C=O) groups excluding carboxylic acids is 1. The summed E-state index contributed by atoms with van der Waals surface area (Å²) < 4.78 is 0. The van der Waals surface area contributed by atoms with Gasteiger partial charge in [0.05, 0.1) is 0 Å². The maximum Gasteiger partial charge on any atom is 0.252 e. The summed E-state index contributed by atoms with van der Waals surface area (Å²) in [6.45, 7) is 3.56. The Balaban J connectivity index is 2.59. The molecule has 12 heavy (non-hydrogen) atoms. The smallest absolute Gasteiger partial charge is 0.252 e. The Morgan fingerprint density at radius 2 is 2.50 bits per heavy atom. The second-order valence-electron chi connectivity index (χ2n) is 2.17. The monoisotopic (exact) mass is 183 g/mol. The van der Waals surface area contributed by atoms with Crippen molar-refractivity contribution in [3.63, 3.8) is 0 Å². The number of nitrogens with zero attached hydrogens (tertiary/aromatic N) is 2. The summed E-state index contributed by atoms with van der Waals surface area (Å²) in [6, 6.07) is 0. The fraction of sp³-hybridized carbons (Fsp3) is 0.286. The van der Waals surface area contributed by atoms with E-state index in [1.165, 1.54) is 11.3 Å². The summed E-state index contributed by atoms with van der Waals surface area (Å²) in [6.07, 6.45) is 1.75. The number of amides is 1. The van der Waals surface area contributed by atoms with Crippen molar-refractivity contribution < 1.29 is 4.79 Å². The minimum absolute atomic E-state index is 0.130. The molecule has 1 rings (SSSR count). The Bertz CT molecular complexity index is 292. The van der Waals surface area contributed by atoms with Crippen molar-refractivity contribution in [2.75, 3.05) is 5.32 Å². The van der Waals surface area contributed by atoms with E-state index < -0.39 is 0 Å². The lowest BCUT2D eigenvalue weighted by molar-refractivity contribution is -0.112. The van der Waals surface area contributed by atoms with Crippen LogP contribution in [0.1, 0.15) is 13.8 Å². The molecule has 1 heterocycles. The molecule has 0 aliphatic rings. The second-order valence-corrected chi connectivity index (χ2v) is 3.00. The molecule has 0 aromatic carbocycles. The van der Waals surface area contributed by atoms with Gasteiger partial charge in [-0.3, -0.25) is 10.1 Å². The molecule has 0 aliphatic carbocycles. The third-order valence-corrected chi connectivity index (χ3v) is 1.98. The van der Waals surface area contributed by atoms with Gasteiger partial charge in [-0.2, -0.15) is 0 Å². The lowest BCUT2D eigenvalue weighted by Gasteiger charge is -1.98. The summed E-state index contributed by atoms with van der Waals surface area (Å²) in [5.74, 6) is -0.130. The van der Waals surface area contributed by atoms with Crippen LogP contribution in [0.15, 0.2) is 17.2 Å². The zero-order valence-electron chi connectivity index (χ0n) is 6.87. The third kappa shape index (κ3) is 2.13. The van der Waals surface area contributed by atoms with Crippen LogP contribution >= 0.6 is 11.3 Å². The van der Waals surface area contributed by atoms with Crippen LogP contribution in [-0.2, 0) is 4.79 Å². The number of hydrogen-bond acceptors (Lipinski definition) is 4. The van der Waals surface area contributed by atoms with Crippen molar-refractivity contribution in [3.8, 4) is 0 Å².